The molecule has 0 unspecified atom stereocenters. The Morgan fingerprint density at radius 3 is 2.50 bits per heavy atom. The molecule has 0 saturated carbocycles. The van der Waals surface area contributed by atoms with Crippen molar-refractivity contribution in [3.63, 3.8) is 0 Å². The Labute approximate surface area is 144 Å². The first-order chi connectivity index (χ1) is 11.4. The van der Waals surface area contributed by atoms with E-state index in [1.807, 2.05) is 0 Å². The average Bonchev–Trinajstić information content (AvgIpc) is 2.87. The summed E-state index contributed by atoms with van der Waals surface area (Å²) in [5, 5.41) is 0. The van der Waals surface area contributed by atoms with E-state index in [0.29, 0.717) is 18.0 Å². The maximum atomic E-state index is 12.9. The smallest absolute Gasteiger partial charge is 0.243 e. The van der Waals surface area contributed by atoms with E-state index in [2.05, 4.69) is 11.8 Å². The Hall–Kier alpha value is -1.44. The van der Waals surface area contributed by atoms with Crippen molar-refractivity contribution in [2.45, 2.75) is 31.1 Å². The third-order valence-electron chi connectivity index (χ3n) is 4.93. The van der Waals surface area contributed by atoms with E-state index in [9.17, 15) is 13.2 Å². The molecule has 1 saturated heterocycles. The zero-order valence-corrected chi connectivity index (χ0v) is 15.2. The fraction of sp³-hybridized carbons (Fsp3) is 0.588. The molecule has 132 valence electrons. The number of carbonyl (C=O) groups is 1. The summed E-state index contributed by atoms with van der Waals surface area (Å²) < 4.78 is 27.3. The van der Waals surface area contributed by atoms with Crippen LogP contribution in [-0.4, -0.2) is 63.3 Å². The molecule has 24 heavy (non-hydrogen) atoms. The van der Waals surface area contributed by atoms with Crippen LogP contribution in [-0.2, 0) is 21.2 Å². The Morgan fingerprint density at radius 1 is 1.12 bits per heavy atom. The van der Waals surface area contributed by atoms with Crippen molar-refractivity contribution < 1.29 is 13.2 Å². The van der Waals surface area contributed by atoms with Gasteiger partial charge in [-0.25, -0.2) is 8.42 Å². The molecule has 2 aliphatic rings. The fourth-order valence-corrected chi connectivity index (χ4v) is 4.80. The summed E-state index contributed by atoms with van der Waals surface area (Å²) in [6.45, 7) is 5.83. The van der Waals surface area contributed by atoms with Gasteiger partial charge in [0.1, 0.15) is 0 Å². The van der Waals surface area contributed by atoms with Gasteiger partial charge in [-0.1, -0.05) is 13.3 Å². The number of sulfonamides is 1. The lowest BCUT2D eigenvalue weighted by molar-refractivity contribution is -0.117. The molecule has 1 aromatic rings. The molecule has 0 bridgehead atoms. The normalized spacial score (nSPS) is 19.8. The number of anilines is 1. The number of piperazine rings is 1. The molecule has 0 aromatic heterocycles. The van der Waals surface area contributed by atoms with Gasteiger partial charge in [0.2, 0.25) is 15.9 Å². The van der Waals surface area contributed by atoms with Gasteiger partial charge >= 0.3 is 0 Å². The van der Waals surface area contributed by atoms with E-state index in [1.165, 1.54) is 0 Å². The fourth-order valence-electron chi connectivity index (χ4n) is 3.33. The molecule has 0 N–H and O–H groups in total. The zero-order valence-electron chi connectivity index (χ0n) is 14.4. The van der Waals surface area contributed by atoms with Crippen LogP contribution in [0, 0.1) is 0 Å². The number of fused-ring (bicyclic) bond motifs is 1. The van der Waals surface area contributed by atoms with Crippen LogP contribution in [0.4, 0.5) is 5.69 Å². The van der Waals surface area contributed by atoms with Crippen LogP contribution in [0.2, 0.25) is 0 Å². The number of amides is 1. The number of benzene rings is 1. The zero-order chi connectivity index (χ0) is 17.3. The van der Waals surface area contributed by atoms with Crippen LogP contribution in [0.1, 0.15) is 25.3 Å². The van der Waals surface area contributed by atoms with Crippen molar-refractivity contribution in [3.05, 3.63) is 23.8 Å². The van der Waals surface area contributed by atoms with Gasteiger partial charge in [-0.15, -0.1) is 0 Å². The Balaban J connectivity index is 1.73. The number of rotatable bonds is 5. The highest BCUT2D eigenvalue weighted by molar-refractivity contribution is 7.89. The Bertz CT molecular complexity index is 725. The van der Waals surface area contributed by atoms with Crippen molar-refractivity contribution >= 4 is 21.6 Å². The van der Waals surface area contributed by atoms with E-state index < -0.39 is 10.0 Å². The van der Waals surface area contributed by atoms with Gasteiger partial charge in [-0.3, -0.25) is 4.79 Å². The molecule has 6 nitrogen and oxygen atoms in total. The largest absolute Gasteiger partial charge is 0.315 e. The molecule has 0 spiro atoms. The average molecular weight is 351 g/mol. The highest BCUT2D eigenvalue weighted by Gasteiger charge is 2.31. The van der Waals surface area contributed by atoms with Gasteiger partial charge in [0, 0.05) is 38.9 Å². The number of likely N-dealkylation sites (N-methyl/N-ethyl adjacent to an activating group) is 1. The van der Waals surface area contributed by atoms with Crippen LogP contribution in [0.15, 0.2) is 23.1 Å². The summed E-state index contributed by atoms with van der Waals surface area (Å²) in [5.41, 5.74) is 1.61. The second kappa shape index (κ2) is 6.82. The Kier molecular flexibility index (Phi) is 4.94. The van der Waals surface area contributed by atoms with Gasteiger partial charge < -0.3 is 9.80 Å². The third kappa shape index (κ3) is 3.20. The van der Waals surface area contributed by atoms with Gasteiger partial charge in [0.25, 0.3) is 0 Å². The molecule has 0 radical (unpaired) electrons. The lowest BCUT2D eigenvalue weighted by Crippen LogP contribution is -2.48. The molecule has 3 rings (SSSR count). The van der Waals surface area contributed by atoms with Crippen molar-refractivity contribution in [1.29, 1.82) is 0 Å². The van der Waals surface area contributed by atoms with Crippen molar-refractivity contribution in [3.8, 4) is 0 Å². The van der Waals surface area contributed by atoms with Crippen LogP contribution in [0.5, 0.6) is 0 Å². The first kappa shape index (κ1) is 17.4. The van der Waals surface area contributed by atoms with Crippen LogP contribution < -0.4 is 4.90 Å². The molecule has 2 heterocycles. The molecule has 0 atom stereocenters. The number of carbonyl (C=O) groups excluding carboxylic acids is 1. The highest BCUT2D eigenvalue weighted by atomic mass is 32.2. The van der Waals surface area contributed by atoms with E-state index in [0.717, 1.165) is 43.7 Å². The second-order valence-corrected chi connectivity index (χ2v) is 8.46. The Morgan fingerprint density at radius 2 is 1.83 bits per heavy atom. The van der Waals surface area contributed by atoms with Gasteiger partial charge in [-0.05, 0) is 36.7 Å². The predicted octanol–water partition coefficient (Wildman–Crippen LogP) is 1.31. The third-order valence-corrected chi connectivity index (χ3v) is 6.82. The summed E-state index contributed by atoms with van der Waals surface area (Å²) in [5.74, 6) is 0.00378. The lowest BCUT2D eigenvalue weighted by Gasteiger charge is -2.34. The molecule has 1 amide bonds. The SMILES string of the molecule is CCCCN1CCN(S(=O)(=O)c2ccc3c(c2)CC(=O)N3C)CC1. The quantitative estimate of drug-likeness (QED) is 0.803. The summed E-state index contributed by atoms with van der Waals surface area (Å²) in [6.07, 6.45) is 2.58. The minimum Gasteiger partial charge on any atom is -0.315 e. The van der Waals surface area contributed by atoms with Crippen molar-refractivity contribution in [1.82, 2.24) is 9.21 Å². The molecular weight excluding hydrogens is 326 g/mol. The molecule has 0 aliphatic carbocycles. The van der Waals surface area contributed by atoms with Gasteiger partial charge in [0.05, 0.1) is 11.3 Å². The molecular formula is C17H25N3O3S. The lowest BCUT2D eigenvalue weighted by atomic mass is 10.2. The predicted molar refractivity (Wildman–Crippen MR) is 93.7 cm³/mol. The van der Waals surface area contributed by atoms with Crippen molar-refractivity contribution in [2.75, 3.05) is 44.7 Å². The molecule has 1 fully saturated rings. The standard InChI is InChI=1S/C17H25N3O3S/c1-3-4-7-19-8-10-20(11-9-19)24(22,23)15-5-6-16-14(12-15)13-17(21)18(16)2/h5-6,12H,3-4,7-11,13H2,1-2H3. The summed E-state index contributed by atoms with van der Waals surface area (Å²) in [6, 6.07) is 5.02. The number of hydrogen-bond acceptors (Lipinski definition) is 4. The topological polar surface area (TPSA) is 60.9 Å². The molecule has 1 aromatic carbocycles. The van der Waals surface area contributed by atoms with E-state index in [4.69, 9.17) is 0 Å². The summed E-state index contributed by atoms with van der Waals surface area (Å²) >= 11 is 0. The first-order valence-corrected chi connectivity index (χ1v) is 9.99. The van der Waals surface area contributed by atoms with Gasteiger partial charge in [-0.2, -0.15) is 4.31 Å². The van der Waals surface area contributed by atoms with E-state index in [-0.39, 0.29) is 12.3 Å². The maximum Gasteiger partial charge on any atom is 0.243 e. The second-order valence-electron chi connectivity index (χ2n) is 6.52. The summed E-state index contributed by atoms with van der Waals surface area (Å²) in [4.78, 5) is 16.0. The van der Waals surface area contributed by atoms with Crippen molar-refractivity contribution in [2.24, 2.45) is 0 Å². The number of hydrogen-bond donors (Lipinski definition) is 0. The van der Waals surface area contributed by atoms with Crippen LogP contribution in [0.3, 0.4) is 0 Å². The van der Waals surface area contributed by atoms with Crippen LogP contribution in [0.25, 0.3) is 0 Å². The monoisotopic (exact) mass is 351 g/mol. The van der Waals surface area contributed by atoms with E-state index in [1.54, 1.807) is 34.5 Å². The van der Waals surface area contributed by atoms with Gasteiger partial charge in [0.15, 0.2) is 0 Å². The highest BCUT2D eigenvalue weighted by Crippen LogP contribution is 2.30. The number of unbranched alkanes of at least 4 members (excludes halogenated alkanes) is 1. The maximum absolute atomic E-state index is 12.9. The van der Waals surface area contributed by atoms with Crippen LogP contribution >= 0.6 is 0 Å². The minimum absolute atomic E-state index is 0.00378. The summed E-state index contributed by atoms with van der Waals surface area (Å²) in [7, 11) is -1.77. The first-order valence-electron chi connectivity index (χ1n) is 8.55. The van der Waals surface area contributed by atoms with E-state index >= 15 is 0 Å². The molecule has 2 aliphatic heterocycles. The number of nitrogens with zero attached hydrogens (tertiary/aromatic N) is 3. The molecule has 7 heteroatoms. The minimum atomic E-state index is -3.49.